The van der Waals surface area contributed by atoms with Gasteiger partial charge in [-0.25, -0.2) is 0 Å². The number of carbonyl (C=O) groups is 1. The van der Waals surface area contributed by atoms with E-state index in [0.717, 1.165) is 17.7 Å². The first-order valence-corrected chi connectivity index (χ1v) is 5.08. The van der Waals surface area contributed by atoms with Gasteiger partial charge in [-0.2, -0.15) is 0 Å². The lowest BCUT2D eigenvalue weighted by atomic mass is 10.1. The van der Waals surface area contributed by atoms with E-state index in [1.807, 2.05) is 25.2 Å². The predicted molar refractivity (Wildman–Crippen MR) is 61.5 cm³/mol. The number of benzene rings is 1. The molecule has 0 unspecified atom stereocenters. The second-order valence-corrected chi connectivity index (χ2v) is 3.43. The van der Waals surface area contributed by atoms with Crippen LogP contribution in [0, 0.1) is 0 Å². The Kier molecular flexibility index (Phi) is 4.79. The number of hydrogen-bond acceptors (Lipinski definition) is 4. The van der Waals surface area contributed by atoms with Gasteiger partial charge in [0.05, 0.1) is 20.6 Å². The van der Waals surface area contributed by atoms with Gasteiger partial charge in [0.25, 0.3) is 0 Å². The Bertz CT molecular complexity index is 363. The van der Waals surface area contributed by atoms with E-state index in [-0.39, 0.29) is 12.4 Å². The van der Waals surface area contributed by atoms with Gasteiger partial charge in [0.1, 0.15) is 5.75 Å². The molecule has 0 aliphatic heterocycles. The van der Waals surface area contributed by atoms with Crippen LogP contribution in [-0.4, -0.2) is 27.2 Å². The largest absolute Gasteiger partial charge is 0.496 e. The zero-order valence-corrected chi connectivity index (χ0v) is 9.87. The van der Waals surface area contributed by atoms with Crippen molar-refractivity contribution in [2.45, 2.75) is 13.0 Å². The van der Waals surface area contributed by atoms with Crippen LogP contribution in [0.4, 0.5) is 0 Å². The second kappa shape index (κ2) is 6.12. The molecule has 0 radical (unpaired) electrons. The van der Waals surface area contributed by atoms with Gasteiger partial charge in [-0.15, -0.1) is 0 Å². The van der Waals surface area contributed by atoms with Crippen molar-refractivity contribution in [3.8, 4) is 5.75 Å². The molecule has 1 aromatic carbocycles. The highest BCUT2D eigenvalue weighted by molar-refractivity contribution is 5.73. The highest BCUT2D eigenvalue weighted by Crippen LogP contribution is 2.20. The van der Waals surface area contributed by atoms with Gasteiger partial charge in [0.15, 0.2) is 0 Å². The normalized spacial score (nSPS) is 9.94. The summed E-state index contributed by atoms with van der Waals surface area (Å²) in [4.78, 5) is 11.2. The lowest BCUT2D eigenvalue weighted by Crippen LogP contribution is -2.09. The Labute approximate surface area is 95.6 Å². The molecule has 88 valence electrons. The zero-order chi connectivity index (χ0) is 12.0. The Morgan fingerprint density at radius 3 is 2.69 bits per heavy atom. The van der Waals surface area contributed by atoms with Crippen LogP contribution in [0.2, 0.25) is 0 Å². The number of ether oxygens (including phenoxy) is 2. The number of methoxy groups -OCH3 is 2. The number of carbonyl (C=O) groups excluding carboxylic acids is 1. The van der Waals surface area contributed by atoms with Crippen molar-refractivity contribution >= 4 is 5.97 Å². The molecule has 0 aliphatic carbocycles. The smallest absolute Gasteiger partial charge is 0.310 e. The van der Waals surface area contributed by atoms with Crippen molar-refractivity contribution in [2.75, 3.05) is 21.3 Å². The molecule has 0 bridgehead atoms. The quantitative estimate of drug-likeness (QED) is 0.760. The molecule has 0 heterocycles. The lowest BCUT2D eigenvalue weighted by molar-refractivity contribution is -0.139. The van der Waals surface area contributed by atoms with Crippen LogP contribution in [0.5, 0.6) is 5.75 Å². The first-order chi connectivity index (χ1) is 7.71. The summed E-state index contributed by atoms with van der Waals surface area (Å²) in [5.74, 6) is 0.449. The summed E-state index contributed by atoms with van der Waals surface area (Å²) in [6.45, 7) is 0.762. The van der Waals surface area contributed by atoms with E-state index >= 15 is 0 Å². The fourth-order valence-corrected chi connectivity index (χ4v) is 1.51. The van der Waals surface area contributed by atoms with E-state index in [4.69, 9.17) is 4.74 Å². The van der Waals surface area contributed by atoms with Gasteiger partial charge in [-0.3, -0.25) is 4.79 Å². The summed E-state index contributed by atoms with van der Waals surface area (Å²) in [5.41, 5.74) is 1.96. The van der Waals surface area contributed by atoms with Crippen LogP contribution < -0.4 is 10.1 Å². The molecule has 1 aromatic rings. The van der Waals surface area contributed by atoms with E-state index < -0.39 is 0 Å². The molecule has 0 spiro atoms. The molecule has 1 rings (SSSR count). The molecule has 0 amide bonds. The highest BCUT2D eigenvalue weighted by atomic mass is 16.5. The molecule has 4 nitrogen and oxygen atoms in total. The Balaban J connectivity index is 2.92. The van der Waals surface area contributed by atoms with Crippen LogP contribution in [-0.2, 0) is 22.5 Å². The first-order valence-electron chi connectivity index (χ1n) is 5.08. The van der Waals surface area contributed by atoms with Gasteiger partial charge in [0.2, 0.25) is 0 Å². The second-order valence-electron chi connectivity index (χ2n) is 3.43. The van der Waals surface area contributed by atoms with Crippen molar-refractivity contribution in [3.63, 3.8) is 0 Å². The number of rotatable bonds is 5. The molecular formula is C12H17NO3. The van der Waals surface area contributed by atoms with Gasteiger partial charge >= 0.3 is 5.97 Å². The number of esters is 1. The Hall–Kier alpha value is -1.55. The predicted octanol–water partition coefficient (Wildman–Crippen LogP) is 1.13. The summed E-state index contributed by atoms with van der Waals surface area (Å²) in [6, 6.07) is 5.79. The summed E-state index contributed by atoms with van der Waals surface area (Å²) in [7, 11) is 4.85. The van der Waals surface area contributed by atoms with E-state index in [9.17, 15) is 4.79 Å². The highest BCUT2D eigenvalue weighted by Gasteiger charge is 2.09. The van der Waals surface area contributed by atoms with Crippen molar-refractivity contribution in [1.82, 2.24) is 5.32 Å². The van der Waals surface area contributed by atoms with Crippen LogP contribution in [0.1, 0.15) is 11.1 Å². The Morgan fingerprint density at radius 1 is 1.38 bits per heavy atom. The summed E-state index contributed by atoms with van der Waals surface area (Å²) < 4.78 is 9.84. The van der Waals surface area contributed by atoms with E-state index in [0.29, 0.717) is 5.75 Å². The third kappa shape index (κ3) is 3.24. The maximum Gasteiger partial charge on any atom is 0.310 e. The standard InChI is InChI=1S/C12H17NO3/c1-13-8-9-4-5-11(15-2)10(6-9)7-12(14)16-3/h4-6,13H,7-8H2,1-3H3. The first kappa shape index (κ1) is 12.5. The topological polar surface area (TPSA) is 47.6 Å². The van der Waals surface area contributed by atoms with Crippen molar-refractivity contribution in [1.29, 1.82) is 0 Å². The average Bonchev–Trinajstić information content (AvgIpc) is 2.30. The molecule has 0 aliphatic rings. The lowest BCUT2D eigenvalue weighted by Gasteiger charge is -2.09. The SMILES string of the molecule is CNCc1ccc(OC)c(CC(=O)OC)c1. The zero-order valence-electron chi connectivity index (χ0n) is 9.87. The van der Waals surface area contributed by atoms with Gasteiger partial charge in [0, 0.05) is 12.1 Å². The number of nitrogens with one attached hydrogen (secondary N) is 1. The maximum atomic E-state index is 11.2. The molecule has 0 aromatic heterocycles. The molecule has 0 fully saturated rings. The van der Waals surface area contributed by atoms with Crippen LogP contribution in [0.25, 0.3) is 0 Å². The third-order valence-corrected chi connectivity index (χ3v) is 2.29. The molecule has 16 heavy (non-hydrogen) atoms. The molecule has 4 heteroatoms. The van der Waals surface area contributed by atoms with Crippen molar-refractivity contribution < 1.29 is 14.3 Å². The molecule has 0 atom stereocenters. The van der Waals surface area contributed by atoms with Crippen molar-refractivity contribution in [3.05, 3.63) is 29.3 Å². The monoisotopic (exact) mass is 223 g/mol. The molecule has 0 saturated heterocycles. The minimum atomic E-state index is -0.264. The van der Waals surface area contributed by atoms with E-state index in [2.05, 4.69) is 10.1 Å². The average molecular weight is 223 g/mol. The minimum absolute atomic E-state index is 0.233. The summed E-state index contributed by atoms with van der Waals surface area (Å²) >= 11 is 0. The fourth-order valence-electron chi connectivity index (χ4n) is 1.51. The van der Waals surface area contributed by atoms with E-state index in [1.165, 1.54) is 7.11 Å². The third-order valence-electron chi connectivity index (χ3n) is 2.29. The molecule has 1 N–H and O–H groups in total. The molecule has 0 saturated carbocycles. The molecular weight excluding hydrogens is 206 g/mol. The van der Waals surface area contributed by atoms with Crippen molar-refractivity contribution in [2.24, 2.45) is 0 Å². The van der Waals surface area contributed by atoms with Crippen LogP contribution >= 0.6 is 0 Å². The number of hydrogen-bond donors (Lipinski definition) is 1. The Morgan fingerprint density at radius 2 is 2.12 bits per heavy atom. The summed E-state index contributed by atoms with van der Waals surface area (Å²) in [6.07, 6.45) is 0.233. The maximum absolute atomic E-state index is 11.2. The summed E-state index contributed by atoms with van der Waals surface area (Å²) in [5, 5.41) is 3.06. The minimum Gasteiger partial charge on any atom is -0.496 e. The van der Waals surface area contributed by atoms with Crippen LogP contribution in [0.3, 0.4) is 0 Å². The van der Waals surface area contributed by atoms with E-state index in [1.54, 1.807) is 7.11 Å². The fraction of sp³-hybridized carbons (Fsp3) is 0.417. The van der Waals surface area contributed by atoms with Gasteiger partial charge in [-0.1, -0.05) is 12.1 Å². The van der Waals surface area contributed by atoms with Gasteiger partial charge < -0.3 is 14.8 Å². The van der Waals surface area contributed by atoms with Gasteiger partial charge in [-0.05, 0) is 18.7 Å². The van der Waals surface area contributed by atoms with Crippen LogP contribution in [0.15, 0.2) is 18.2 Å².